The van der Waals surface area contributed by atoms with E-state index in [-0.39, 0.29) is 12.3 Å². The standard InChI is InChI=1S/C15H11F3N2O2/c16-15(17,18)12-2-1-10(21)7-11(12)14(22)20-6-4-9-8-19-5-3-13(9)20/h1-3,5,7-8,21H,4,6H2. The van der Waals surface area contributed by atoms with Gasteiger partial charge in [0, 0.05) is 18.9 Å². The van der Waals surface area contributed by atoms with Crippen molar-refractivity contribution in [2.24, 2.45) is 0 Å². The Hall–Kier alpha value is -2.57. The van der Waals surface area contributed by atoms with E-state index in [1.54, 1.807) is 12.3 Å². The number of hydrogen-bond acceptors (Lipinski definition) is 3. The summed E-state index contributed by atoms with van der Waals surface area (Å²) in [6, 6.07) is 4.08. The molecule has 1 amide bonds. The molecule has 0 saturated carbocycles. The Morgan fingerprint density at radius 1 is 1.27 bits per heavy atom. The van der Waals surface area contributed by atoms with Crippen molar-refractivity contribution >= 4 is 11.6 Å². The van der Waals surface area contributed by atoms with E-state index in [1.807, 2.05) is 0 Å². The third-order valence-electron chi connectivity index (χ3n) is 3.56. The van der Waals surface area contributed by atoms with Gasteiger partial charge in [-0.05, 0) is 36.2 Å². The molecule has 2 aromatic rings. The molecule has 1 aliphatic rings. The summed E-state index contributed by atoms with van der Waals surface area (Å²) in [7, 11) is 0. The average Bonchev–Trinajstić information content (AvgIpc) is 2.89. The number of hydrogen-bond donors (Lipinski definition) is 1. The summed E-state index contributed by atoms with van der Waals surface area (Å²) in [4.78, 5) is 17.7. The average molecular weight is 308 g/mol. The summed E-state index contributed by atoms with van der Waals surface area (Å²) in [6.07, 6.45) is -1.05. The molecule has 1 aromatic carbocycles. The number of alkyl halides is 3. The highest BCUT2D eigenvalue weighted by molar-refractivity contribution is 6.08. The van der Waals surface area contributed by atoms with Crippen molar-refractivity contribution in [1.82, 2.24) is 4.98 Å². The maximum Gasteiger partial charge on any atom is 0.417 e. The highest BCUT2D eigenvalue weighted by Crippen LogP contribution is 2.36. The van der Waals surface area contributed by atoms with Gasteiger partial charge in [-0.25, -0.2) is 0 Å². The molecule has 0 aliphatic carbocycles. The van der Waals surface area contributed by atoms with Crippen molar-refractivity contribution in [2.45, 2.75) is 12.6 Å². The largest absolute Gasteiger partial charge is 0.508 e. The highest BCUT2D eigenvalue weighted by atomic mass is 19.4. The first-order chi connectivity index (χ1) is 10.4. The second-order valence-electron chi connectivity index (χ2n) is 4.94. The Labute approximate surface area is 123 Å². The molecule has 114 valence electrons. The number of aromatic nitrogens is 1. The van der Waals surface area contributed by atoms with E-state index in [9.17, 15) is 23.1 Å². The minimum Gasteiger partial charge on any atom is -0.508 e. The van der Waals surface area contributed by atoms with Crippen LogP contribution in [0.25, 0.3) is 0 Å². The smallest absolute Gasteiger partial charge is 0.417 e. The molecule has 0 radical (unpaired) electrons. The van der Waals surface area contributed by atoms with Crippen LogP contribution in [0.5, 0.6) is 5.75 Å². The number of nitrogens with zero attached hydrogens (tertiary/aromatic N) is 2. The van der Waals surface area contributed by atoms with Gasteiger partial charge in [0.2, 0.25) is 0 Å². The maximum absolute atomic E-state index is 13.1. The first-order valence-corrected chi connectivity index (χ1v) is 6.53. The fourth-order valence-corrected chi connectivity index (χ4v) is 2.54. The first-order valence-electron chi connectivity index (χ1n) is 6.53. The summed E-state index contributed by atoms with van der Waals surface area (Å²) in [5, 5.41) is 9.44. The number of carbonyl (C=O) groups is 1. The lowest BCUT2D eigenvalue weighted by Crippen LogP contribution is -2.30. The molecular formula is C15H11F3N2O2. The van der Waals surface area contributed by atoms with Gasteiger partial charge < -0.3 is 10.0 Å². The number of benzene rings is 1. The summed E-state index contributed by atoms with van der Waals surface area (Å²) >= 11 is 0. The number of amides is 1. The molecule has 0 spiro atoms. The van der Waals surface area contributed by atoms with Gasteiger partial charge in [-0.15, -0.1) is 0 Å². The molecular weight excluding hydrogens is 297 g/mol. The van der Waals surface area contributed by atoms with Crippen LogP contribution >= 0.6 is 0 Å². The minimum absolute atomic E-state index is 0.285. The molecule has 4 nitrogen and oxygen atoms in total. The van der Waals surface area contributed by atoms with Crippen LogP contribution in [0.2, 0.25) is 0 Å². The molecule has 22 heavy (non-hydrogen) atoms. The topological polar surface area (TPSA) is 53.4 Å². The number of anilines is 1. The zero-order chi connectivity index (χ0) is 15.9. The number of carbonyl (C=O) groups excluding carboxylic acids is 1. The lowest BCUT2D eigenvalue weighted by Gasteiger charge is -2.20. The van der Waals surface area contributed by atoms with Crippen molar-refractivity contribution in [2.75, 3.05) is 11.4 Å². The molecule has 1 aromatic heterocycles. The number of phenolic OH excluding ortho intramolecular Hbond substituents is 1. The van der Waals surface area contributed by atoms with E-state index in [2.05, 4.69) is 4.98 Å². The van der Waals surface area contributed by atoms with Crippen LogP contribution in [0.4, 0.5) is 18.9 Å². The monoisotopic (exact) mass is 308 g/mol. The predicted octanol–water partition coefficient (Wildman–Crippen LogP) is 3.01. The summed E-state index contributed by atoms with van der Waals surface area (Å²) in [5.41, 5.74) is -0.254. The van der Waals surface area contributed by atoms with Crippen molar-refractivity contribution in [3.63, 3.8) is 0 Å². The molecule has 0 fully saturated rings. The van der Waals surface area contributed by atoms with Gasteiger partial charge in [-0.1, -0.05) is 0 Å². The van der Waals surface area contributed by atoms with Gasteiger partial charge in [-0.3, -0.25) is 9.78 Å². The summed E-state index contributed by atoms with van der Waals surface area (Å²) < 4.78 is 39.2. The minimum atomic E-state index is -4.67. The van der Waals surface area contributed by atoms with E-state index in [1.165, 1.54) is 11.1 Å². The van der Waals surface area contributed by atoms with Crippen LogP contribution < -0.4 is 4.90 Å². The Morgan fingerprint density at radius 2 is 2.05 bits per heavy atom. The SMILES string of the molecule is O=C(c1cc(O)ccc1C(F)(F)F)N1CCc2cnccc21. The van der Waals surface area contributed by atoms with E-state index < -0.39 is 23.2 Å². The molecule has 0 unspecified atom stereocenters. The number of rotatable bonds is 1. The quantitative estimate of drug-likeness (QED) is 0.881. The molecule has 0 bridgehead atoms. The van der Waals surface area contributed by atoms with E-state index in [0.29, 0.717) is 18.2 Å². The van der Waals surface area contributed by atoms with Crippen LogP contribution in [-0.4, -0.2) is 22.5 Å². The second kappa shape index (κ2) is 5.01. The summed E-state index contributed by atoms with van der Waals surface area (Å²) in [6.45, 7) is 0.285. The Balaban J connectivity index is 2.06. The molecule has 3 rings (SSSR count). The maximum atomic E-state index is 13.1. The Bertz CT molecular complexity index is 744. The van der Waals surface area contributed by atoms with Crippen molar-refractivity contribution < 1.29 is 23.1 Å². The number of pyridine rings is 1. The normalized spacial score (nSPS) is 14.0. The van der Waals surface area contributed by atoms with E-state index >= 15 is 0 Å². The Morgan fingerprint density at radius 3 is 2.77 bits per heavy atom. The number of halogens is 3. The van der Waals surface area contributed by atoms with Crippen molar-refractivity contribution in [3.05, 3.63) is 53.3 Å². The van der Waals surface area contributed by atoms with Gasteiger partial charge in [-0.2, -0.15) is 13.2 Å². The van der Waals surface area contributed by atoms with Crippen molar-refractivity contribution in [1.29, 1.82) is 0 Å². The van der Waals surface area contributed by atoms with Crippen LogP contribution in [-0.2, 0) is 12.6 Å². The molecule has 0 saturated heterocycles. The fourth-order valence-electron chi connectivity index (χ4n) is 2.54. The van der Waals surface area contributed by atoms with Crippen molar-refractivity contribution in [3.8, 4) is 5.75 Å². The zero-order valence-electron chi connectivity index (χ0n) is 11.3. The number of phenols is 1. The van der Waals surface area contributed by atoms with Gasteiger partial charge in [0.25, 0.3) is 5.91 Å². The van der Waals surface area contributed by atoms with Gasteiger partial charge in [0.05, 0.1) is 16.8 Å². The molecule has 1 aliphatic heterocycles. The first kappa shape index (κ1) is 14.4. The lowest BCUT2D eigenvalue weighted by molar-refractivity contribution is -0.137. The molecule has 7 heteroatoms. The Kier molecular flexibility index (Phi) is 3.27. The van der Waals surface area contributed by atoms with Gasteiger partial charge in [0.1, 0.15) is 5.75 Å². The van der Waals surface area contributed by atoms with Crippen LogP contribution in [0, 0.1) is 0 Å². The summed E-state index contributed by atoms with van der Waals surface area (Å²) in [5.74, 6) is -1.17. The number of fused-ring (bicyclic) bond motifs is 1. The predicted molar refractivity (Wildman–Crippen MR) is 72.7 cm³/mol. The molecule has 2 heterocycles. The zero-order valence-corrected chi connectivity index (χ0v) is 11.3. The van der Waals surface area contributed by atoms with E-state index in [0.717, 1.165) is 17.7 Å². The van der Waals surface area contributed by atoms with Crippen LogP contribution in [0.3, 0.4) is 0 Å². The second-order valence-corrected chi connectivity index (χ2v) is 4.94. The third-order valence-corrected chi connectivity index (χ3v) is 3.56. The molecule has 0 atom stereocenters. The van der Waals surface area contributed by atoms with Crippen LogP contribution in [0.15, 0.2) is 36.7 Å². The fraction of sp³-hybridized carbons (Fsp3) is 0.200. The lowest BCUT2D eigenvalue weighted by atomic mass is 10.1. The van der Waals surface area contributed by atoms with E-state index in [4.69, 9.17) is 0 Å². The van der Waals surface area contributed by atoms with Crippen LogP contribution in [0.1, 0.15) is 21.5 Å². The van der Waals surface area contributed by atoms with Gasteiger partial charge >= 0.3 is 6.18 Å². The highest BCUT2D eigenvalue weighted by Gasteiger charge is 2.37. The van der Waals surface area contributed by atoms with Gasteiger partial charge in [0.15, 0.2) is 0 Å². The molecule has 1 N–H and O–H groups in total. The third kappa shape index (κ3) is 2.38. The number of aromatic hydroxyl groups is 1.